The number of anilines is 1. The number of nitrogens with zero attached hydrogens (tertiary/aromatic N) is 1. The van der Waals surface area contributed by atoms with Crippen LogP contribution in [-0.4, -0.2) is 25.1 Å². The lowest BCUT2D eigenvalue weighted by Crippen LogP contribution is -2.23. The molecular formula is C16H13FN2O3S2. The minimum atomic E-state index is -3.60. The van der Waals surface area contributed by atoms with Gasteiger partial charge in [-0.3, -0.25) is 4.79 Å². The molecule has 0 aliphatic heterocycles. The fourth-order valence-corrected chi connectivity index (χ4v) is 4.37. The number of nitrogens with one attached hydrogen (secondary N) is 1. The number of rotatable bonds is 5. The van der Waals surface area contributed by atoms with Crippen LogP contribution >= 0.6 is 11.3 Å². The highest BCUT2D eigenvalue weighted by Crippen LogP contribution is 2.27. The van der Waals surface area contributed by atoms with E-state index in [1.54, 1.807) is 42.5 Å². The highest BCUT2D eigenvalue weighted by molar-refractivity contribution is 7.91. The number of benzene rings is 2. The van der Waals surface area contributed by atoms with Crippen molar-refractivity contribution in [2.45, 2.75) is 5.75 Å². The molecule has 8 heteroatoms. The van der Waals surface area contributed by atoms with Crippen molar-refractivity contribution < 1.29 is 17.6 Å². The molecule has 24 heavy (non-hydrogen) atoms. The fraction of sp³-hybridized carbons (Fsp3) is 0.125. The van der Waals surface area contributed by atoms with Crippen LogP contribution in [0.5, 0.6) is 0 Å². The van der Waals surface area contributed by atoms with Gasteiger partial charge in [0, 0.05) is 0 Å². The summed E-state index contributed by atoms with van der Waals surface area (Å²) in [7, 11) is -3.60. The summed E-state index contributed by atoms with van der Waals surface area (Å²) in [5.41, 5.74) is 0.775. The first kappa shape index (κ1) is 16.5. The molecule has 2 aromatic carbocycles. The summed E-state index contributed by atoms with van der Waals surface area (Å²) in [6, 6.07) is 13.1. The van der Waals surface area contributed by atoms with Crippen molar-refractivity contribution in [2.24, 2.45) is 0 Å². The number of sulfone groups is 1. The molecule has 3 rings (SSSR count). The van der Waals surface area contributed by atoms with E-state index < -0.39 is 27.3 Å². The highest BCUT2D eigenvalue weighted by atomic mass is 32.2. The second kappa shape index (κ2) is 6.66. The van der Waals surface area contributed by atoms with Crippen LogP contribution in [0.25, 0.3) is 10.2 Å². The van der Waals surface area contributed by atoms with E-state index in [1.807, 2.05) is 0 Å². The lowest BCUT2D eigenvalue weighted by Gasteiger charge is -2.04. The number of hydrogen-bond donors (Lipinski definition) is 1. The molecule has 3 aromatic rings. The van der Waals surface area contributed by atoms with Gasteiger partial charge in [0.05, 0.1) is 10.5 Å². The van der Waals surface area contributed by atoms with Crippen LogP contribution in [0, 0.1) is 5.82 Å². The number of carbonyl (C=O) groups excluding carboxylic acids is 1. The van der Waals surface area contributed by atoms with Crippen LogP contribution < -0.4 is 5.32 Å². The van der Waals surface area contributed by atoms with Gasteiger partial charge in [0.2, 0.25) is 5.91 Å². The summed E-state index contributed by atoms with van der Waals surface area (Å²) >= 11 is 1.09. The van der Waals surface area contributed by atoms with Gasteiger partial charge >= 0.3 is 0 Å². The zero-order chi connectivity index (χ0) is 17.2. The Morgan fingerprint density at radius 2 is 1.88 bits per heavy atom. The molecule has 1 amide bonds. The predicted molar refractivity (Wildman–Crippen MR) is 92.1 cm³/mol. The predicted octanol–water partition coefficient (Wildman–Crippen LogP) is 2.99. The number of halogens is 1. The number of aromatic nitrogens is 1. The Labute approximate surface area is 142 Å². The van der Waals surface area contributed by atoms with E-state index in [2.05, 4.69) is 10.3 Å². The summed E-state index contributed by atoms with van der Waals surface area (Å²) in [5.74, 6) is -2.04. The molecule has 0 saturated heterocycles. The molecule has 0 bridgehead atoms. The molecule has 1 aromatic heterocycles. The first-order valence-corrected chi connectivity index (χ1v) is 9.66. The lowest BCUT2D eigenvalue weighted by atomic mass is 10.2. The Kier molecular flexibility index (Phi) is 4.59. The molecule has 0 saturated carbocycles. The van der Waals surface area contributed by atoms with Gasteiger partial charge in [-0.25, -0.2) is 17.8 Å². The zero-order valence-corrected chi connectivity index (χ0v) is 14.0. The Hall–Kier alpha value is -2.32. The zero-order valence-electron chi connectivity index (χ0n) is 12.4. The summed E-state index contributed by atoms with van der Waals surface area (Å²) < 4.78 is 38.3. The van der Waals surface area contributed by atoms with Gasteiger partial charge < -0.3 is 5.32 Å². The normalized spacial score (nSPS) is 11.5. The molecule has 5 nitrogen and oxygen atoms in total. The van der Waals surface area contributed by atoms with E-state index in [0.717, 1.165) is 11.3 Å². The monoisotopic (exact) mass is 364 g/mol. The summed E-state index contributed by atoms with van der Waals surface area (Å²) in [6.07, 6.45) is 0. The standard InChI is InChI=1S/C16H13FN2O3S2/c17-12-7-4-8-13-15(12)19-16(23-13)18-14(20)10-24(21,22)9-11-5-2-1-3-6-11/h1-8H,9-10H2,(H,18,19,20). The van der Waals surface area contributed by atoms with Crippen molar-refractivity contribution in [1.29, 1.82) is 0 Å². The van der Waals surface area contributed by atoms with Gasteiger partial charge in [0.15, 0.2) is 15.0 Å². The van der Waals surface area contributed by atoms with E-state index in [9.17, 15) is 17.6 Å². The van der Waals surface area contributed by atoms with Gasteiger partial charge in [-0.1, -0.05) is 47.7 Å². The van der Waals surface area contributed by atoms with Crippen LogP contribution in [0.3, 0.4) is 0 Å². The van der Waals surface area contributed by atoms with Crippen LogP contribution in [0.1, 0.15) is 5.56 Å². The summed E-state index contributed by atoms with van der Waals surface area (Å²) in [5, 5.41) is 2.60. The molecule has 1 N–H and O–H groups in total. The number of thiazole rings is 1. The number of hydrogen-bond acceptors (Lipinski definition) is 5. The number of amides is 1. The average molecular weight is 364 g/mol. The van der Waals surface area contributed by atoms with Crippen molar-refractivity contribution in [3.8, 4) is 0 Å². The molecule has 0 fully saturated rings. The maximum absolute atomic E-state index is 13.6. The van der Waals surface area contributed by atoms with Gasteiger partial charge in [-0.05, 0) is 17.7 Å². The lowest BCUT2D eigenvalue weighted by molar-refractivity contribution is -0.113. The Balaban J connectivity index is 1.69. The van der Waals surface area contributed by atoms with E-state index in [4.69, 9.17) is 0 Å². The topological polar surface area (TPSA) is 76.1 Å². The Bertz CT molecular complexity index is 985. The third-order valence-electron chi connectivity index (χ3n) is 3.20. The minimum absolute atomic E-state index is 0.157. The summed E-state index contributed by atoms with van der Waals surface area (Å²) in [6.45, 7) is 0. The largest absolute Gasteiger partial charge is 0.301 e. The third-order valence-corrected chi connectivity index (χ3v) is 5.61. The van der Waals surface area contributed by atoms with Crippen LogP contribution in [0.2, 0.25) is 0 Å². The first-order chi connectivity index (χ1) is 11.4. The van der Waals surface area contributed by atoms with E-state index in [0.29, 0.717) is 10.3 Å². The third kappa shape index (κ3) is 3.95. The van der Waals surface area contributed by atoms with Crippen LogP contribution in [-0.2, 0) is 20.4 Å². The quantitative estimate of drug-likeness (QED) is 0.755. The molecule has 0 aliphatic rings. The molecule has 0 radical (unpaired) electrons. The van der Waals surface area contributed by atoms with E-state index in [1.165, 1.54) is 6.07 Å². The van der Waals surface area contributed by atoms with E-state index >= 15 is 0 Å². The number of fused-ring (bicyclic) bond motifs is 1. The molecule has 0 aliphatic carbocycles. The van der Waals surface area contributed by atoms with Crippen molar-refractivity contribution in [1.82, 2.24) is 4.98 Å². The minimum Gasteiger partial charge on any atom is -0.301 e. The van der Waals surface area contributed by atoms with Crippen molar-refractivity contribution >= 4 is 42.4 Å². The molecule has 0 unspecified atom stereocenters. The van der Waals surface area contributed by atoms with Gasteiger partial charge in [0.25, 0.3) is 0 Å². The Morgan fingerprint density at radius 1 is 1.12 bits per heavy atom. The number of carbonyl (C=O) groups is 1. The fourth-order valence-electron chi connectivity index (χ4n) is 2.20. The Morgan fingerprint density at radius 3 is 2.58 bits per heavy atom. The smallest absolute Gasteiger partial charge is 0.241 e. The SMILES string of the molecule is O=C(CS(=O)(=O)Cc1ccccc1)Nc1nc2c(F)cccc2s1. The number of para-hydroxylation sites is 1. The average Bonchev–Trinajstić information content (AvgIpc) is 2.90. The maximum atomic E-state index is 13.6. The van der Waals surface area contributed by atoms with Crippen molar-refractivity contribution in [3.05, 3.63) is 59.9 Å². The van der Waals surface area contributed by atoms with Crippen molar-refractivity contribution in [3.63, 3.8) is 0 Å². The highest BCUT2D eigenvalue weighted by Gasteiger charge is 2.19. The van der Waals surface area contributed by atoms with Gasteiger partial charge in [-0.15, -0.1) is 0 Å². The molecule has 124 valence electrons. The molecule has 0 atom stereocenters. The van der Waals surface area contributed by atoms with E-state index in [-0.39, 0.29) is 16.4 Å². The van der Waals surface area contributed by atoms with Crippen LogP contribution in [0.4, 0.5) is 9.52 Å². The second-order valence-corrected chi connectivity index (χ2v) is 8.27. The van der Waals surface area contributed by atoms with Gasteiger partial charge in [0.1, 0.15) is 17.1 Å². The van der Waals surface area contributed by atoms with Crippen LogP contribution in [0.15, 0.2) is 48.5 Å². The molecule has 1 heterocycles. The maximum Gasteiger partial charge on any atom is 0.241 e. The molecular weight excluding hydrogens is 351 g/mol. The summed E-state index contributed by atoms with van der Waals surface area (Å²) in [4.78, 5) is 15.9. The molecule has 0 spiro atoms. The first-order valence-electron chi connectivity index (χ1n) is 7.02. The second-order valence-electron chi connectivity index (χ2n) is 5.17. The van der Waals surface area contributed by atoms with Crippen molar-refractivity contribution in [2.75, 3.05) is 11.1 Å². The van der Waals surface area contributed by atoms with Gasteiger partial charge in [-0.2, -0.15) is 0 Å².